The molecule has 2 N–H and O–H groups in total. The van der Waals surface area contributed by atoms with Crippen LogP contribution in [-0.4, -0.2) is 0 Å². The van der Waals surface area contributed by atoms with Crippen LogP contribution in [0.25, 0.3) is 10.1 Å². The molecular formula is C16H14ClNS2. The van der Waals surface area contributed by atoms with E-state index < -0.39 is 0 Å². The van der Waals surface area contributed by atoms with E-state index in [0.717, 1.165) is 21.8 Å². The number of benzene rings is 2. The topological polar surface area (TPSA) is 26.0 Å². The minimum atomic E-state index is 0.812. The summed E-state index contributed by atoms with van der Waals surface area (Å²) in [7, 11) is 0. The number of nitrogen functional groups attached to an aromatic ring is 1. The summed E-state index contributed by atoms with van der Waals surface area (Å²) < 4.78 is 1.25. The van der Waals surface area contributed by atoms with Gasteiger partial charge in [-0.25, -0.2) is 0 Å². The van der Waals surface area contributed by atoms with Gasteiger partial charge in [0.05, 0.1) is 5.02 Å². The molecule has 1 heterocycles. The SMILES string of the molecule is Cc1cc(N)ccc1SCc1sc2ccccc2c1Cl. The summed E-state index contributed by atoms with van der Waals surface area (Å²) in [6.45, 7) is 2.09. The molecule has 0 fully saturated rings. The average Bonchev–Trinajstić information content (AvgIpc) is 2.75. The first kappa shape index (κ1) is 13.8. The van der Waals surface area contributed by atoms with Crippen molar-refractivity contribution in [3.63, 3.8) is 0 Å². The summed E-state index contributed by atoms with van der Waals surface area (Å²) in [4.78, 5) is 2.49. The van der Waals surface area contributed by atoms with Crippen molar-refractivity contribution in [2.24, 2.45) is 0 Å². The van der Waals surface area contributed by atoms with Crippen LogP contribution >= 0.6 is 34.7 Å². The van der Waals surface area contributed by atoms with E-state index in [1.54, 1.807) is 11.3 Å². The first-order valence-electron chi connectivity index (χ1n) is 6.30. The molecular weight excluding hydrogens is 306 g/mol. The van der Waals surface area contributed by atoms with Gasteiger partial charge in [0.1, 0.15) is 0 Å². The van der Waals surface area contributed by atoms with Crippen molar-refractivity contribution < 1.29 is 0 Å². The third-order valence-electron chi connectivity index (χ3n) is 3.16. The molecule has 0 bridgehead atoms. The highest BCUT2D eigenvalue weighted by Crippen LogP contribution is 2.39. The Balaban J connectivity index is 1.85. The van der Waals surface area contributed by atoms with Crippen molar-refractivity contribution in [1.29, 1.82) is 0 Å². The fourth-order valence-corrected chi connectivity index (χ4v) is 4.80. The largest absolute Gasteiger partial charge is 0.399 e. The second-order valence-electron chi connectivity index (χ2n) is 4.65. The van der Waals surface area contributed by atoms with Crippen LogP contribution in [0.2, 0.25) is 5.02 Å². The minimum absolute atomic E-state index is 0.812. The number of aryl methyl sites for hydroxylation is 1. The maximum Gasteiger partial charge on any atom is 0.0632 e. The van der Waals surface area contributed by atoms with Crippen LogP contribution in [0.5, 0.6) is 0 Å². The summed E-state index contributed by atoms with van der Waals surface area (Å²) in [5.41, 5.74) is 7.81. The molecule has 0 radical (unpaired) electrons. The molecule has 0 atom stereocenters. The number of thioether (sulfide) groups is 1. The van der Waals surface area contributed by atoms with Gasteiger partial charge in [0.2, 0.25) is 0 Å². The molecule has 102 valence electrons. The van der Waals surface area contributed by atoms with Crippen molar-refractivity contribution in [2.75, 3.05) is 5.73 Å². The first-order chi connectivity index (χ1) is 9.65. The fourth-order valence-electron chi connectivity index (χ4n) is 2.14. The Hall–Kier alpha value is -1.16. The second kappa shape index (κ2) is 5.68. The van der Waals surface area contributed by atoms with Gasteiger partial charge in [0, 0.05) is 31.3 Å². The molecule has 3 aromatic rings. The highest BCUT2D eigenvalue weighted by molar-refractivity contribution is 7.98. The monoisotopic (exact) mass is 319 g/mol. The molecule has 4 heteroatoms. The average molecular weight is 320 g/mol. The lowest BCUT2D eigenvalue weighted by Crippen LogP contribution is -1.87. The quantitative estimate of drug-likeness (QED) is 0.492. The summed E-state index contributed by atoms with van der Waals surface area (Å²) in [6, 6.07) is 14.3. The summed E-state index contributed by atoms with van der Waals surface area (Å²) >= 11 is 10.0. The molecule has 1 nitrogen and oxygen atoms in total. The van der Waals surface area contributed by atoms with E-state index in [-0.39, 0.29) is 0 Å². The van der Waals surface area contributed by atoms with Crippen LogP contribution in [0.15, 0.2) is 47.4 Å². The number of rotatable bonds is 3. The van der Waals surface area contributed by atoms with E-state index in [9.17, 15) is 0 Å². The van der Waals surface area contributed by atoms with E-state index in [0.29, 0.717) is 0 Å². The third-order valence-corrected chi connectivity index (χ3v) is 6.26. The third kappa shape index (κ3) is 2.66. The van der Waals surface area contributed by atoms with Crippen LogP contribution < -0.4 is 5.73 Å². The molecule has 3 rings (SSSR count). The number of hydrogen-bond donors (Lipinski definition) is 1. The van der Waals surface area contributed by atoms with Crippen LogP contribution in [0.4, 0.5) is 5.69 Å². The summed E-state index contributed by atoms with van der Waals surface area (Å²) in [5, 5.41) is 2.05. The Bertz CT molecular complexity index is 764. The van der Waals surface area contributed by atoms with Gasteiger partial charge in [-0.1, -0.05) is 29.8 Å². The van der Waals surface area contributed by atoms with Gasteiger partial charge in [0.15, 0.2) is 0 Å². The zero-order valence-corrected chi connectivity index (χ0v) is 13.4. The fraction of sp³-hybridized carbons (Fsp3) is 0.125. The van der Waals surface area contributed by atoms with Gasteiger partial charge in [-0.15, -0.1) is 23.1 Å². The Morgan fingerprint density at radius 1 is 1.20 bits per heavy atom. The highest BCUT2D eigenvalue weighted by Gasteiger charge is 2.10. The summed E-state index contributed by atoms with van der Waals surface area (Å²) in [5.74, 6) is 0.892. The van der Waals surface area contributed by atoms with E-state index in [2.05, 4.69) is 31.2 Å². The van der Waals surface area contributed by atoms with Gasteiger partial charge >= 0.3 is 0 Å². The number of fused-ring (bicyclic) bond motifs is 1. The molecule has 2 aromatic carbocycles. The Labute approximate surface area is 131 Å². The number of anilines is 1. The molecule has 0 aliphatic heterocycles. The Morgan fingerprint density at radius 3 is 2.75 bits per heavy atom. The highest BCUT2D eigenvalue weighted by atomic mass is 35.5. The maximum absolute atomic E-state index is 6.47. The molecule has 0 saturated heterocycles. The maximum atomic E-state index is 6.47. The van der Waals surface area contributed by atoms with Crippen molar-refractivity contribution in [2.45, 2.75) is 17.6 Å². The van der Waals surface area contributed by atoms with Crippen molar-refractivity contribution in [1.82, 2.24) is 0 Å². The van der Waals surface area contributed by atoms with Crippen LogP contribution in [-0.2, 0) is 5.75 Å². The van der Waals surface area contributed by atoms with Crippen molar-refractivity contribution >= 4 is 50.5 Å². The van der Waals surface area contributed by atoms with Gasteiger partial charge in [-0.3, -0.25) is 0 Å². The number of halogens is 1. The summed E-state index contributed by atoms with van der Waals surface area (Å²) in [6.07, 6.45) is 0. The van der Waals surface area contributed by atoms with Crippen LogP contribution in [0.1, 0.15) is 10.4 Å². The molecule has 20 heavy (non-hydrogen) atoms. The van der Waals surface area contributed by atoms with Crippen molar-refractivity contribution in [3.05, 3.63) is 57.9 Å². The lowest BCUT2D eigenvalue weighted by Gasteiger charge is -2.05. The van der Waals surface area contributed by atoms with E-state index in [4.69, 9.17) is 17.3 Å². The zero-order valence-electron chi connectivity index (χ0n) is 11.0. The molecule has 0 saturated carbocycles. The predicted molar refractivity (Wildman–Crippen MR) is 92.0 cm³/mol. The van der Waals surface area contributed by atoms with Crippen molar-refractivity contribution in [3.8, 4) is 0 Å². The normalized spacial score (nSPS) is 11.1. The lowest BCUT2D eigenvalue weighted by atomic mass is 10.2. The second-order valence-corrected chi connectivity index (χ2v) is 7.18. The smallest absolute Gasteiger partial charge is 0.0632 e. The molecule has 1 aromatic heterocycles. The van der Waals surface area contributed by atoms with Gasteiger partial charge in [0.25, 0.3) is 0 Å². The molecule has 0 spiro atoms. The van der Waals surface area contributed by atoms with Crippen LogP contribution in [0, 0.1) is 6.92 Å². The van der Waals surface area contributed by atoms with E-state index >= 15 is 0 Å². The van der Waals surface area contributed by atoms with Gasteiger partial charge in [-0.2, -0.15) is 0 Å². The first-order valence-corrected chi connectivity index (χ1v) is 8.48. The standard InChI is InChI=1S/C16H14ClNS2/c1-10-8-11(18)6-7-13(10)19-9-15-16(17)12-4-2-3-5-14(12)20-15/h2-8H,9,18H2,1H3. The van der Waals surface area contributed by atoms with Gasteiger partial charge < -0.3 is 5.73 Å². The number of nitrogens with two attached hydrogens (primary N) is 1. The molecule has 0 amide bonds. The molecule has 0 aliphatic carbocycles. The molecule has 0 unspecified atom stereocenters. The van der Waals surface area contributed by atoms with Gasteiger partial charge in [-0.05, 0) is 36.8 Å². The number of hydrogen-bond acceptors (Lipinski definition) is 3. The lowest BCUT2D eigenvalue weighted by molar-refractivity contribution is 1.30. The van der Waals surface area contributed by atoms with E-state index in [1.165, 1.54) is 20.0 Å². The minimum Gasteiger partial charge on any atom is -0.399 e. The molecule has 0 aliphatic rings. The Kier molecular flexibility index (Phi) is 3.92. The Morgan fingerprint density at radius 2 is 2.00 bits per heavy atom. The zero-order chi connectivity index (χ0) is 14.1. The van der Waals surface area contributed by atoms with Crippen LogP contribution in [0.3, 0.4) is 0 Å². The number of thiophene rings is 1. The predicted octanol–water partition coefficient (Wildman–Crippen LogP) is 5.74. The van der Waals surface area contributed by atoms with E-state index in [1.807, 2.05) is 30.0 Å².